The predicted molar refractivity (Wildman–Crippen MR) is 93.6 cm³/mol. The van der Waals surface area contributed by atoms with Gasteiger partial charge in [0.25, 0.3) is 0 Å². The normalized spacial score (nSPS) is 15.2. The van der Waals surface area contributed by atoms with Gasteiger partial charge in [0.05, 0.1) is 5.39 Å². The molecule has 25 heavy (non-hydrogen) atoms. The van der Waals surface area contributed by atoms with Crippen molar-refractivity contribution in [1.82, 2.24) is 14.7 Å². The summed E-state index contributed by atoms with van der Waals surface area (Å²) in [5.74, 6) is -1.75. The van der Waals surface area contributed by atoms with Crippen LogP contribution in [0.1, 0.15) is 16.1 Å². The van der Waals surface area contributed by atoms with E-state index >= 15 is 0 Å². The molecule has 9 heteroatoms. The third-order valence-corrected chi connectivity index (χ3v) is 5.43. The summed E-state index contributed by atoms with van der Waals surface area (Å²) in [5.41, 5.74) is -0.0131. The van der Waals surface area contributed by atoms with Crippen molar-refractivity contribution in [3.05, 3.63) is 38.7 Å². The number of fused-ring (bicyclic) bond motifs is 3. The quantitative estimate of drug-likeness (QED) is 0.718. The fraction of sp³-hybridized carbons (Fsp3) is 0.312. The lowest BCUT2D eigenvalue weighted by Gasteiger charge is -2.28. The molecule has 0 aromatic carbocycles. The number of pyridine rings is 2. The first-order valence-electron chi connectivity index (χ1n) is 7.81. The fourth-order valence-corrected chi connectivity index (χ4v) is 4.19. The standard InChI is InChI=1S/C16H15FN4O3S/c1-8-7-25-15-11(16(23)24)12(22)9-6-10(17)14(19-13(9)21(8)15)20-4-2-18-3-5-20/h6-7,18H,2-5H2,1H3,(H,23,24). The van der Waals surface area contributed by atoms with Crippen molar-refractivity contribution in [2.75, 3.05) is 31.1 Å². The van der Waals surface area contributed by atoms with Crippen LogP contribution in [0.5, 0.6) is 0 Å². The van der Waals surface area contributed by atoms with Crippen LogP contribution in [-0.2, 0) is 0 Å². The molecule has 130 valence electrons. The Morgan fingerprint density at radius 2 is 2.12 bits per heavy atom. The molecule has 0 unspecified atom stereocenters. The number of aryl methyl sites for hydroxylation is 1. The smallest absolute Gasteiger partial charge is 0.342 e. The summed E-state index contributed by atoms with van der Waals surface area (Å²) in [6.45, 7) is 4.48. The van der Waals surface area contributed by atoms with Gasteiger partial charge in [-0.1, -0.05) is 0 Å². The minimum Gasteiger partial charge on any atom is -0.477 e. The highest BCUT2D eigenvalue weighted by atomic mass is 32.1. The van der Waals surface area contributed by atoms with Gasteiger partial charge in [0.15, 0.2) is 17.3 Å². The monoisotopic (exact) mass is 362 g/mol. The number of carboxylic acids is 1. The lowest BCUT2D eigenvalue weighted by atomic mass is 10.2. The number of thiazole rings is 1. The summed E-state index contributed by atoms with van der Waals surface area (Å²) in [5, 5.41) is 14.4. The van der Waals surface area contributed by atoms with Gasteiger partial charge in [0.1, 0.15) is 10.4 Å². The molecule has 4 rings (SSSR count). The number of hydrogen-bond acceptors (Lipinski definition) is 6. The van der Waals surface area contributed by atoms with Gasteiger partial charge in [-0.15, -0.1) is 11.3 Å². The second-order valence-corrected chi connectivity index (χ2v) is 6.79. The van der Waals surface area contributed by atoms with E-state index in [4.69, 9.17) is 0 Å². The highest BCUT2D eigenvalue weighted by Crippen LogP contribution is 2.27. The molecule has 4 heterocycles. The average molecular weight is 362 g/mol. The van der Waals surface area contributed by atoms with Gasteiger partial charge < -0.3 is 15.3 Å². The van der Waals surface area contributed by atoms with Crippen LogP contribution < -0.4 is 15.6 Å². The molecule has 7 nitrogen and oxygen atoms in total. The van der Waals surface area contributed by atoms with E-state index in [9.17, 15) is 19.1 Å². The van der Waals surface area contributed by atoms with E-state index in [1.54, 1.807) is 16.7 Å². The Kier molecular flexibility index (Phi) is 3.69. The first-order chi connectivity index (χ1) is 12.0. The number of nitrogens with one attached hydrogen (secondary N) is 1. The predicted octanol–water partition coefficient (Wildman–Crippen LogP) is 1.46. The largest absolute Gasteiger partial charge is 0.477 e. The highest BCUT2D eigenvalue weighted by Gasteiger charge is 2.24. The molecule has 0 saturated carbocycles. The number of carbonyl (C=O) groups is 1. The van der Waals surface area contributed by atoms with E-state index in [-0.39, 0.29) is 16.8 Å². The van der Waals surface area contributed by atoms with E-state index in [2.05, 4.69) is 10.3 Å². The lowest BCUT2D eigenvalue weighted by Crippen LogP contribution is -2.44. The van der Waals surface area contributed by atoms with E-state index in [1.807, 2.05) is 4.90 Å². The minimum absolute atomic E-state index is 0.0206. The Labute approximate surface area is 145 Å². The number of aromatic carboxylic acids is 1. The number of rotatable bonds is 2. The molecule has 3 aromatic rings. The number of anilines is 1. The van der Waals surface area contributed by atoms with Crippen LogP contribution in [0, 0.1) is 12.7 Å². The molecule has 1 aliphatic heterocycles. The Balaban J connectivity index is 2.09. The maximum absolute atomic E-state index is 14.6. The first-order valence-corrected chi connectivity index (χ1v) is 8.69. The molecule has 0 radical (unpaired) electrons. The summed E-state index contributed by atoms with van der Waals surface area (Å²) >= 11 is 1.17. The topological polar surface area (TPSA) is 86.9 Å². The van der Waals surface area contributed by atoms with E-state index in [0.29, 0.717) is 23.6 Å². The van der Waals surface area contributed by atoms with E-state index in [0.717, 1.165) is 24.8 Å². The number of carboxylic acid groups (broad SMARTS) is 1. The SMILES string of the molecule is Cc1csc2c(C(=O)O)c(=O)c3cc(F)c(N4CCNCC4)nc3n12. The molecule has 0 atom stereocenters. The van der Waals surface area contributed by atoms with Crippen LogP contribution in [-0.4, -0.2) is 46.6 Å². The van der Waals surface area contributed by atoms with E-state index in [1.165, 1.54) is 11.3 Å². The second-order valence-electron chi connectivity index (χ2n) is 5.93. The van der Waals surface area contributed by atoms with Crippen LogP contribution in [0.3, 0.4) is 0 Å². The Morgan fingerprint density at radius 3 is 2.80 bits per heavy atom. The zero-order chi connectivity index (χ0) is 17.7. The van der Waals surface area contributed by atoms with Gasteiger partial charge in [-0.3, -0.25) is 9.20 Å². The molecule has 3 aromatic heterocycles. The summed E-state index contributed by atoms with van der Waals surface area (Å²) in [7, 11) is 0. The molecular weight excluding hydrogens is 347 g/mol. The van der Waals surface area contributed by atoms with Crippen LogP contribution >= 0.6 is 11.3 Å². The zero-order valence-electron chi connectivity index (χ0n) is 13.4. The Bertz CT molecular complexity index is 1070. The maximum atomic E-state index is 14.6. The van der Waals surface area contributed by atoms with Crippen molar-refractivity contribution in [3.63, 3.8) is 0 Å². The Hall–Kier alpha value is -2.52. The number of hydrogen-bond donors (Lipinski definition) is 2. The van der Waals surface area contributed by atoms with Gasteiger partial charge in [-0.05, 0) is 13.0 Å². The van der Waals surface area contributed by atoms with Crippen molar-refractivity contribution in [2.45, 2.75) is 6.92 Å². The molecule has 1 fully saturated rings. The highest BCUT2D eigenvalue weighted by molar-refractivity contribution is 7.16. The van der Waals surface area contributed by atoms with Crippen molar-refractivity contribution in [3.8, 4) is 0 Å². The lowest BCUT2D eigenvalue weighted by molar-refractivity contribution is 0.0697. The molecule has 2 N–H and O–H groups in total. The van der Waals surface area contributed by atoms with Crippen LogP contribution in [0.2, 0.25) is 0 Å². The van der Waals surface area contributed by atoms with E-state index < -0.39 is 17.2 Å². The van der Waals surface area contributed by atoms with Gasteiger partial charge in [-0.2, -0.15) is 0 Å². The van der Waals surface area contributed by atoms with Crippen molar-refractivity contribution in [1.29, 1.82) is 0 Å². The van der Waals surface area contributed by atoms with Crippen molar-refractivity contribution >= 4 is 39.0 Å². The van der Waals surface area contributed by atoms with Crippen LogP contribution in [0.15, 0.2) is 16.2 Å². The molecule has 1 aliphatic rings. The first kappa shape index (κ1) is 16.0. The molecule has 0 spiro atoms. The third-order valence-electron chi connectivity index (χ3n) is 4.36. The second kappa shape index (κ2) is 5.78. The maximum Gasteiger partial charge on any atom is 0.342 e. The zero-order valence-corrected chi connectivity index (χ0v) is 14.2. The van der Waals surface area contributed by atoms with Gasteiger partial charge >= 0.3 is 5.97 Å². The van der Waals surface area contributed by atoms with Crippen LogP contribution in [0.4, 0.5) is 10.2 Å². The molecule has 0 bridgehead atoms. The van der Waals surface area contributed by atoms with Crippen molar-refractivity contribution < 1.29 is 14.3 Å². The molecule has 0 aliphatic carbocycles. The average Bonchev–Trinajstić information content (AvgIpc) is 2.97. The summed E-state index contributed by atoms with van der Waals surface area (Å²) in [4.78, 5) is 30.7. The third kappa shape index (κ3) is 2.38. The van der Waals surface area contributed by atoms with Gasteiger partial charge in [0.2, 0.25) is 5.43 Å². The van der Waals surface area contributed by atoms with Gasteiger partial charge in [0, 0.05) is 37.3 Å². The van der Waals surface area contributed by atoms with Crippen LogP contribution in [0.25, 0.3) is 15.9 Å². The number of halogens is 1. The number of aromatic nitrogens is 2. The summed E-state index contributed by atoms with van der Waals surface area (Å²) in [6.07, 6.45) is 0. The fourth-order valence-electron chi connectivity index (χ4n) is 3.17. The van der Waals surface area contributed by atoms with Crippen molar-refractivity contribution in [2.24, 2.45) is 0 Å². The van der Waals surface area contributed by atoms with Gasteiger partial charge in [-0.25, -0.2) is 14.2 Å². The summed E-state index contributed by atoms with van der Waals surface area (Å²) in [6, 6.07) is 1.11. The number of piperazine rings is 1. The molecule has 0 amide bonds. The molecule has 1 saturated heterocycles. The molecular formula is C16H15FN4O3S. The Morgan fingerprint density at radius 1 is 1.40 bits per heavy atom. The number of nitrogens with zero attached hydrogens (tertiary/aromatic N) is 3. The minimum atomic E-state index is -1.32. The summed E-state index contributed by atoms with van der Waals surface area (Å²) < 4.78 is 16.2.